The molecule has 4 heteroatoms. The van der Waals surface area contributed by atoms with E-state index in [0.29, 0.717) is 0 Å². The second-order valence-electron chi connectivity index (χ2n) is 6.89. The van der Waals surface area contributed by atoms with Crippen LogP contribution in [0.3, 0.4) is 0 Å². The maximum Gasteiger partial charge on any atom is 0.160 e. The van der Waals surface area contributed by atoms with Crippen LogP contribution < -0.4 is 0 Å². The van der Waals surface area contributed by atoms with Gasteiger partial charge < -0.3 is 0 Å². The Bertz CT molecular complexity index is 1150. The Morgan fingerprint density at radius 2 is 1.14 bits per heavy atom. The summed E-state index contributed by atoms with van der Waals surface area (Å²) in [6, 6.07) is 33.7. The van der Waals surface area contributed by atoms with E-state index in [0.717, 1.165) is 31.3 Å². The molecule has 0 saturated carbocycles. The van der Waals surface area contributed by atoms with Crippen LogP contribution in [0.5, 0.6) is 0 Å². The Kier molecular flexibility index (Phi) is 4.64. The van der Waals surface area contributed by atoms with E-state index >= 15 is 0 Å². The molecule has 0 saturated heterocycles. The highest BCUT2D eigenvalue weighted by molar-refractivity contribution is 14.1. The maximum atomic E-state index is 4.91. The van der Waals surface area contributed by atoms with E-state index in [2.05, 4.69) is 100 Å². The largest absolute Gasteiger partial charge is 0.237 e. The van der Waals surface area contributed by atoms with E-state index in [1.165, 1.54) is 0 Å². The van der Waals surface area contributed by atoms with Gasteiger partial charge in [-0.3, -0.25) is 0 Å². The van der Waals surface area contributed by atoms with Crippen LogP contribution in [0.4, 0.5) is 0 Å². The Labute approximate surface area is 183 Å². The van der Waals surface area contributed by atoms with Gasteiger partial charge in [-0.15, -0.1) is 0 Å². The molecule has 2 heterocycles. The first-order chi connectivity index (χ1) is 14.3. The molecule has 0 fully saturated rings. The van der Waals surface area contributed by atoms with Gasteiger partial charge >= 0.3 is 0 Å². The number of rotatable bonds is 4. The minimum absolute atomic E-state index is 0.636. The number of halogens is 1. The molecule has 0 amide bonds. The van der Waals surface area contributed by atoms with Gasteiger partial charge in [0.05, 0.1) is 11.6 Å². The molecule has 5 rings (SSSR count). The predicted molar refractivity (Wildman–Crippen MR) is 125 cm³/mol. The molecule has 0 unspecified atom stereocenters. The van der Waals surface area contributed by atoms with Crippen molar-refractivity contribution in [3.8, 4) is 0 Å². The van der Waals surface area contributed by atoms with E-state index in [1.54, 1.807) is 0 Å². The predicted octanol–water partition coefficient (Wildman–Crippen LogP) is 5.88. The third kappa shape index (κ3) is 2.86. The lowest BCUT2D eigenvalue weighted by Crippen LogP contribution is -2.38. The molecule has 0 atom stereocenters. The summed E-state index contributed by atoms with van der Waals surface area (Å²) in [6.45, 7) is 0. The van der Waals surface area contributed by atoms with Crippen molar-refractivity contribution in [3.05, 3.63) is 130 Å². The lowest BCUT2D eigenvalue weighted by molar-refractivity contribution is 0.472. The SMILES string of the molecule is Ic1ccnc2c1cnn2C(c1ccccc1)(c1ccccc1)c1ccccc1. The lowest BCUT2D eigenvalue weighted by atomic mass is 9.77. The monoisotopic (exact) mass is 487 g/mol. The Balaban J connectivity index is 1.97. The third-order valence-corrected chi connectivity index (χ3v) is 6.25. The van der Waals surface area contributed by atoms with Gasteiger partial charge in [0.1, 0.15) is 5.54 Å². The van der Waals surface area contributed by atoms with Crippen molar-refractivity contribution in [2.75, 3.05) is 0 Å². The Morgan fingerprint density at radius 1 is 0.655 bits per heavy atom. The van der Waals surface area contributed by atoms with Crippen molar-refractivity contribution in [1.82, 2.24) is 14.8 Å². The van der Waals surface area contributed by atoms with Crippen LogP contribution in [0, 0.1) is 3.57 Å². The van der Waals surface area contributed by atoms with Gasteiger partial charge in [0.2, 0.25) is 0 Å². The highest BCUT2D eigenvalue weighted by Crippen LogP contribution is 2.41. The number of fused-ring (bicyclic) bond motifs is 1. The van der Waals surface area contributed by atoms with E-state index in [-0.39, 0.29) is 0 Å². The van der Waals surface area contributed by atoms with Crippen molar-refractivity contribution in [3.63, 3.8) is 0 Å². The van der Waals surface area contributed by atoms with E-state index in [4.69, 9.17) is 10.1 Å². The normalized spacial score (nSPS) is 11.6. The zero-order valence-corrected chi connectivity index (χ0v) is 17.8. The Morgan fingerprint density at radius 3 is 1.62 bits per heavy atom. The number of pyridine rings is 1. The lowest BCUT2D eigenvalue weighted by Gasteiger charge is -2.36. The van der Waals surface area contributed by atoms with Crippen molar-refractivity contribution >= 4 is 33.6 Å². The summed E-state index contributed by atoms with van der Waals surface area (Å²) in [5.74, 6) is 0. The second-order valence-corrected chi connectivity index (χ2v) is 8.06. The summed E-state index contributed by atoms with van der Waals surface area (Å²) in [4.78, 5) is 4.74. The van der Waals surface area contributed by atoms with Crippen molar-refractivity contribution in [1.29, 1.82) is 0 Å². The molecule has 0 aliphatic rings. The first kappa shape index (κ1) is 18.1. The molecule has 3 aromatic carbocycles. The first-order valence-electron chi connectivity index (χ1n) is 9.47. The molecule has 0 aliphatic carbocycles. The molecule has 0 aliphatic heterocycles. The Hall–Kier alpha value is -2.99. The molecular weight excluding hydrogens is 469 g/mol. The molecule has 0 bridgehead atoms. The molecule has 0 spiro atoms. The van der Waals surface area contributed by atoms with Gasteiger partial charge in [0.15, 0.2) is 5.65 Å². The van der Waals surface area contributed by atoms with Crippen molar-refractivity contribution in [2.45, 2.75) is 5.54 Å². The van der Waals surface area contributed by atoms with Gasteiger partial charge in [-0.05, 0) is 45.3 Å². The van der Waals surface area contributed by atoms with Crippen LogP contribution in [0.1, 0.15) is 16.7 Å². The topological polar surface area (TPSA) is 30.7 Å². The zero-order valence-electron chi connectivity index (χ0n) is 15.6. The van der Waals surface area contributed by atoms with E-state index in [9.17, 15) is 0 Å². The average molecular weight is 487 g/mol. The van der Waals surface area contributed by atoms with Crippen LogP contribution in [-0.2, 0) is 5.54 Å². The smallest absolute Gasteiger partial charge is 0.160 e. The number of nitrogens with zero attached hydrogens (tertiary/aromatic N) is 3. The summed E-state index contributed by atoms with van der Waals surface area (Å²) in [6.07, 6.45) is 3.78. The van der Waals surface area contributed by atoms with Gasteiger partial charge in [-0.2, -0.15) is 5.10 Å². The second kappa shape index (κ2) is 7.44. The van der Waals surface area contributed by atoms with Crippen molar-refractivity contribution in [2.24, 2.45) is 0 Å². The van der Waals surface area contributed by atoms with E-state index in [1.807, 2.05) is 36.7 Å². The highest BCUT2D eigenvalue weighted by atomic mass is 127. The van der Waals surface area contributed by atoms with Gasteiger partial charge in [-0.25, -0.2) is 9.67 Å². The van der Waals surface area contributed by atoms with Crippen molar-refractivity contribution < 1.29 is 0 Å². The number of hydrogen-bond donors (Lipinski definition) is 0. The summed E-state index contributed by atoms with van der Waals surface area (Å²) in [5, 5.41) is 5.96. The fourth-order valence-electron chi connectivity index (χ4n) is 4.05. The average Bonchev–Trinajstić information content (AvgIpc) is 3.23. The van der Waals surface area contributed by atoms with Crippen LogP contribution in [-0.4, -0.2) is 14.8 Å². The third-order valence-electron chi connectivity index (χ3n) is 5.31. The fourth-order valence-corrected chi connectivity index (χ4v) is 4.59. The van der Waals surface area contributed by atoms with Crippen LogP contribution in [0.2, 0.25) is 0 Å². The molecule has 5 aromatic rings. The van der Waals surface area contributed by atoms with Crippen LogP contribution in [0.15, 0.2) is 109 Å². The summed E-state index contributed by atoms with van der Waals surface area (Å²) < 4.78 is 3.21. The molecule has 140 valence electrons. The summed E-state index contributed by atoms with van der Waals surface area (Å²) >= 11 is 2.35. The molecule has 2 aromatic heterocycles. The molecular formula is C25H18IN3. The van der Waals surface area contributed by atoms with Gasteiger partial charge in [0.25, 0.3) is 0 Å². The summed E-state index contributed by atoms with van der Waals surface area (Å²) in [5.41, 5.74) is 3.66. The molecule has 0 N–H and O–H groups in total. The fraction of sp³-hybridized carbons (Fsp3) is 0.0400. The number of aromatic nitrogens is 3. The van der Waals surface area contributed by atoms with Gasteiger partial charge in [0, 0.05) is 9.77 Å². The van der Waals surface area contributed by atoms with Gasteiger partial charge in [-0.1, -0.05) is 91.0 Å². The standard InChI is InChI=1S/C25H18IN3/c26-23-16-17-27-24-22(23)18-28-29(24)25(19-10-4-1-5-11-19,20-12-6-2-7-13-20)21-14-8-3-9-15-21/h1-18H. The van der Waals surface area contributed by atoms with Crippen LogP contribution in [0.25, 0.3) is 11.0 Å². The van der Waals surface area contributed by atoms with E-state index < -0.39 is 5.54 Å². The molecule has 0 radical (unpaired) electrons. The highest BCUT2D eigenvalue weighted by Gasteiger charge is 2.40. The minimum atomic E-state index is -0.636. The molecule has 29 heavy (non-hydrogen) atoms. The maximum absolute atomic E-state index is 4.91. The number of benzene rings is 3. The zero-order chi connectivity index (χ0) is 19.7. The number of hydrogen-bond acceptors (Lipinski definition) is 2. The molecule has 3 nitrogen and oxygen atoms in total. The quantitative estimate of drug-likeness (QED) is 0.234. The minimum Gasteiger partial charge on any atom is -0.237 e. The summed E-state index contributed by atoms with van der Waals surface area (Å²) in [7, 11) is 0. The van der Waals surface area contributed by atoms with Crippen LogP contribution >= 0.6 is 22.6 Å². The first-order valence-corrected chi connectivity index (χ1v) is 10.5.